The topological polar surface area (TPSA) is 80.0 Å². The predicted molar refractivity (Wildman–Crippen MR) is 83.2 cm³/mol. The van der Waals surface area contributed by atoms with Gasteiger partial charge in [0.25, 0.3) is 5.91 Å². The van der Waals surface area contributed by atoms with Crippen LogP contribution >= 0.6 is 11.6 Å². The normalized spacial score (nSPS) is 17.0. The van der Waals surface area contributed by atoms with Gasteiger partial charge in [-0.25, -0.2) is 9.67 Å². The minimum atomic E-state index is -0.807. The van der Waals surface area contributed by atoms with Gasteiger partial charge in [0.15, 0.2) is 11.6 Å². The molecule has 1 aliphatic rings. The summed E-state index contributed by atoms with van der Waals surface area (Å²) < 4.78 is 1.48. The number of hydrogen-bond donors (Lipinski definition) is 2. The van der Waals surface area contributed by atoms with Gasteiger partial charge in [0.1, 0.15) is 11.3 Å². The monoisotopic (exact) mass is 318 g/mol. The lowest BCUT2D eigenvalue weighted by Gasteiger charge is -2.17. The summed E-state index contributed by atoms with van der Waals surface area (Å²) in [5.41, 5.74) is 0.128. The van der Waals surface area contributed by atoms with Gasteiger partial charge < -0.3 is 10.4 Å². The number of benzene rings is 1. The van der Waals surface area contributed by atoms with Gasteiger partial charge in [-0.05, 0) is 38.1 Å². The summed E-state index contributed by atoms with van der Waals surface area (Å²) in [5, 5.41) is 17.9. The van der Waals surface area contributed by atoms with Crippen LogP contribution in [0.3, 0.4) is 0 Å². The number of aryl methyl sites for hydroxylation is 1. The smallest absolute Gasteiger partial charge is 0.259 e. The third-order valence-electron chi connectivity index (χ3n) is 3.57. The first-order chi connectivity index (χ1) is 10.3. The maximum absolute atomic E-state index is 12.1. The van der Waals surface area contributed by atoms with E-state index in [2.05, 4.69) is 15.4 Å². The largest absolute Gasteiger partial charge is 0.509 e. The molecule has 2 heterocycles. The van der Waals surface area contributed by atoms with E-state index in [1.165, 1.54) is 4.68 Å². The summed E-state index contributed by atoms with van der Waals surface area (Å²) in [6.07, 6.45) is 0. The SMILES string of the molecule is Cn1nc(-c2ccc(Cl)cc2)nc1C1=C(O)C(C)(C)NC1=O. The maximum atomic E-state index is 12.1. The number of amides is 1. The van der Waals surface area contributed by atoms with Crippen LogP contribution in [0.25, 0.3) is 17.0 Å². The highest BCUT2D eigenvalue weighted by Crippen LogP contribution is 2.31. The average Bonchev–Trinajstić information content (AvgIpc) is 2.89. The molecule has 6 nitrogen and oxygen atoms in total. The fourth-order valence-electron chi connectivity index (χ4n) is 2.36. The van der Waals surface area contributed by atoms with Crippen molar-refractivity contribution in [3.05, 3.63) is 40.9 Å². The molecular formula is C15H15ClN4O2. The number of aromatic nitrogens is 3. The average molecular weight is 319 g/mol. The van der Waals surface area contributed by atoms with Crippen LogP contribution in [0.1, 0.15) is 19.7 Å². The molecule has 0 unspecified atom stereocenters. The second kappa shape index (κ2) is 4.84. The summed E-state index contributed by atoms with van der Waals surface area (Å²) in [5.74, 6) is 0.397. The number of halogens is 1. The Balaban J connectivity index is 2.09. The molecule has 114 valence electrons. The van der Waals surface area contributed by atoms with E-state index in [1.54, 1.807) is 45.2 Å². The van der Waals surface area contributed by atoms with E-state index in [1.807, 2.05) is 0 Å². The maximum Gasteiger partial charge on any atom is 0.259 e. The van der Waals surface area contributed by atoms with Crippen molar-refractivity contribution < 1.29 is 9.90 Å². The van der Waals surface area contributed by atoms with E-state index in [0.717, 1.165) is 5.56 Å². The molecule has 1 aromatic carbocycles. The number of carbonyl (C=O) groups is 1. The lowest BCUT2D eigenvalue weighted by Crippen LogP contribution is -2.38. The minimum Gasteiger partial charge on any atom is -0.509 e. The molecule has 2 N–H and O–H groups in total. The highest BCUT2D eigenvalue weighted by Gasteiger charge is 2.40. The molecule has 0 spiro atoms. The third-order valence-corrected chi connectivity index (χ3v) is 3.82. The van der Waals surface area contributed by atoms with Gasteiger partial charge >= 0.3 is 0 Å². The molecule has 0 atom stereocenters. The molecule has 7 heteroatoms. The molecule has 1 aromatic heterocycles. The molecule has 3 rings (SSSR count). The van der Waals surface area contributed by atoms with Crippen LogP contribution in [0, 0.1) is 0 Å². The summed E-state index contributed by atoms with van der Waals surface area (Å²) in [7, 11) is 1.68. The van der Waals surface area contributed by atoms with Gasteiger partial charge in [0, 0.05) is 17.6 Å². The predicted octanol–water partition coefficient (Wildman–Crippen LogP) is 2.31. The molecule has 0 saturated heterocycles. The zero-order valence-corrected chi connectivity index (χ0v) is 13.1. The molecule has 0 saturated carbocycles. The Bertz CT molecular complexity index is 790. The van der Waals surface area contributed by atoms with E-state index >= 15 is 0 Å². The zero-order valence-electron chi connectivity index (χ0n) is 12.4. The second-order valence-electron chi connectivity index (χ2n) is 5.69. The van der Waals surface area contributed by atoms with E-state index in [-0.39, 0.29) is 17.2 Å². The number of carbonyl (C=O) groups excluding carboxylic acids is 1. The van der Waals surface area contributed by atoms with Gasteiger partial charge in [-0.1, -0.05) is 11.6 Å². The van der Waals surface area contributed by atoms with Crippen LogP contribution in [0.4, 0.5) is 0 Å². The summed E-state index contributed by atoms with van der Waals surface area (Å²) in [6, 6.07) is 7.09. The Labute approximate surface area is 132 Å². The van der Waals surface area contributed by atoms with Crippen molar-refractivity contribution in [2.24, 2.45) is 7.05 Å². The standard InChI is InChI=1S/C15H15ClN4O2/c1-15(2)11(21)10(14(22)18-15)13-17-12(19-20(13)3)8-4-6-9(16)7-5-8/h4-7,21H,1-3H3,(H,18,22). The Kier molecular flexibility index (Phi) is 3.21. The third kappa shape index (κ3) is 2.25. The van der Waals surface area contributed by atoms with Crippen LogP contribution in [0.2, 0.25) is 5.02 Å². The summed E-state index contributed by atoms with van der Waals surface area (Å²) in [4.78, 5) is 16.5. The number of rotatable bonds is 2. The number of hydrogen-bond acceptors (Lipinski definition) is 4. The Morgan fingerprint density at radius 3 is 2.45 bits per heavy atom. The Hall–Kier alpha value is -2.34. The lowest BCUT2D eigenvalue weighted by molar-refractivity contribution is -0.116. The van der Waals surface area contributed by atoms with Gasteiger partial charge in [0.2, 0.25) is 0 Å². The van der Waals surface area contributed by atoms with Crippen molar-refractivity contribution in [3.63, 3.8) is 0 Å². The van der Waals surface area contributed by atoms with Crippen LogP contribution in [-0.4, -0.2) is 31.3 Å². The molecule has 22 heavy (non-hydrogen) atoms. The van der Waals surface area contributed by atoms with Gasteiger partial charge in [0.05, 0.1) is 5.54 Å². The molecular weight excluding hydrogens is 304 g/mol. The molecule has 2 aromatic rings. The van der Waals surface area contributed by atoms with Crippen molar-refractivity contribution in [1.29, 1.82) is 0 Å². The van der Waals surface area contributed by atoms with Gasteiger partial charge in [-0.2, -0.15) is 5.10 Å². The highest BCUT2D eigenvalue weighted by atomic mass is 35.5. The van der Waals surface area contributed by atoms with Crippen LogP contribution < -0.4 is 5.32 Å². The molecule has 0 aliphatic carbocycles. The fraction of sp³-hybridized carbons (Fsp3) is 0.267. The van der Waals surface area contributed by atoms with Gasteiger partial charge in [-0.3, -0.25) is 4.79 Å². The number of nitrogens with zero attached hydrogens (tertiary/aromatic N) is 3. The van der Waals surface area contributed by atoms with Crippen LogP contribution in [0.5, 0.6) is 0 Å². The van der Waals surface area contributed by atoms with Crippen LogP contribution in [-0.2, 0) is 11.8 Å². The molecule has 1 aliphatic heterocycles. The van der Waals surface area contributed by atoms with Crippen molar-refractivity contribution in [2.45, 2.75) is 19.4 Å². The zero-order chi connectivity index (χ0) is 16.1. The summed E-state index contributed by atoms with van der Waals surface area (Å²) in [6.45, 7) is 3.45. The van der Waals surface area contributed by atoms with Crippen LogP contribution in [0.15, 0.2) is 30.0 Å². The second-order valence-corrected chi connectivity index (χ2v) is 6.13. The number of nitrogens with one attached hydrogen (secondary N) is 1. The van der Waals surface area contributed by atoms with E-state index < -0.39 is 5.54 Å². The lowest BCUT2D eigenvalue weighted by atomic mass is 10.0. The van der Waals surface area contributed by atoms with E-state index in [9.17, 15) is 9.90 Å². The van der Waals surface area contributed by atoms with Gasteiger partial charge in [-0.15, -0.1) is 0 Å². The summed E-state index contributed by atoms with van der Waals surface area (Å²) >= 11 is 5.87. The Morgan fingerprint density at radius 1 is 1.27 bits per heavy atom. The van der Waals surface area contributed by atoms with Crippen molar-refractivity contribution in [3.8, 4) is 11.4 Å². The number of aliphatic hydroxyl groups excluding tert-OH is 1. The first-order valence-electron chi connectivity index (χ1n) is 6.73. The highest BCUT2D eigenvalue weighted by molar-refractivity contribution is 6.30. The van der Waals surface area contributed by atoms with E-state index in [0.29, 0.717) is 16.7 Å². The first-order valence-corrected chi connectivity index (χ1v) is 7.11. The van der Waals surface area contributed by atoms with Crippen molar-refractivity contribution >= 4 is 23.1 Å². The van der Waals surface area contributed by atoms with Crippen molar-refractivity contribution in [1.82, 2.24) is 20.1 Å². The molecule has 0 radical (unpaired) electrons. The quantitative estimate of drug-likeness (QED) is 0.890. The minimum absolute atomic E-state index is 0.0318. The number of aliphatic hydroxyl groups is 1. The molecule has 1 amide bonds. The first kappa shape index (κ1) is 14.6. The fourth-order valence-corrected chi connectivity index (χ4v) is 2.48. The van der Waals surface area contributed by atoms with Crippen molar-refractivity contribution in [2.75, 3.05) is 0 Å². The molecule has 0 bridgehead atoms. The molecule has 0 fully saturated rings. The Morgan fingerprint density at radius 2 is 1.91 bits per heavy atom. The van der Waals surface area contributed by atoms with E-state index in [4.69, 9.17) is 11.6 Å².